The maximum absolute atomic E-state index is 6.04. The molecule has 0 unspecified atom stereocenters. The third kappa shape index (κ3) is 19.6. The fourth-order valence-corrected chi connectivity index (χ4v) is 14.3. The second-order valence-corrected chi connectivity index (χ2v) is 28.7. The molecular weight excluding hydrogens is 1450 g/mol. The Bertz CT molecular complexity index is 5410. The van der Waals surface area contributed by atoms with Crippen molar-refractivity contribution in [1.82, 2.24) is 85.3 Å². The third-order valence-electron chi connectivity index (χ3n) is 20.1. The zero-order chi connectivity index (χ0) is 74.6. The van der Waals surface area contributed by atoms with Crippen LogP contribution in [0.25, 0.3) is 56.0 Å². The Morgan fingerprint density at radius 2 is 0.784 bits per heavy atom. The van der Waals surface area contributed by atoms with E-state index >= 15 is 0 Å². The van der Waals surface area contributed by atoms with Crippen LogP contribution >= 0.6 is 34.8 Å². The zero-order valence-electron chi connectivity index (χ0n) is 60.9. The number of benzene rings is 5. The number of aromatic amines is 2. The Morgan fingerprint density at radius 1 is 0.369 bits per heavy atom. The van der Waals surface area contributed by atoms with E-state index in [1.54, 1.807) is 49.1 Å². The summed E-state index contributed by atoms with van der Waals surface area (Å²) in [5.41, 5.74) is 21.4. The molecule has 0 bridgehead atoms. The number of hydrogen-bond donors (Lipinski definition) is 3. The van der Waals surface area contributed by atoms with Gasteiger partial charge in [0, 0.05) is 175 Å². The Kier molecular flexibility index (Phi) is 25.5. The largest absolute Gasteiger partial charge is 0.369 e. The van der Waals surface area contributed by atoms with Crippen LogP contribution in [0.5, 0.6) is 0 Å². The van der Waals surface area contributed by atoms with Crippen LogP contribution in [0.3, 0.4) is 0 Å². The Hall–Kier alpha value is -11.4. The van der Waals surface area contributed by atoms with Crippen molar-refractivity contribution in [3.63, 3.8) is 0 Å². The summed E-state index contributed by atoms with van der Waals surface area (Å²) < 4.78 is 0. The average Bonchev–Trinajstić information content (AvgIpc) is 1.66. The molecule has 3 N–H and O–H groups in total. The fraction of sp³-hybridized carbons (Fsp3) is 0.267. The smallest absolute Gasteiger partial charge is 0.226 e. The fourth-order valence-electron chi connectivity index (χ4n) is 13.8. The topological polar surface area (TPSA) is 211 Å². The first-order chi connectivity index (χ1) is 53.3. The first-order valence-corrected chi connectivity index (χ1v) is 37.5. The highest BCUT2D eigenvalue weighted by atomic mass is 35.5. The average molecular weight is 1540 g/mol. The van der Waals surface area contributed by atoms with Gasteiger partial charge in [-0.1, -0.05) is 86.3 Å². The van der Waals surface area contributed by atoms with Gasteiger partial charge in [0.15, 0.2) is 0 Å². The number of nitrogens with one attached hydrogen (secondary N) is 3. The molecule has 0 atom stereocenters. The maximum atomic E-state index is 6.04. The molecular formula is C86H89Cl3N22. The summed E-state index contributed by atoms with van der Waals surface area (Å²) in [5, 5.41) is 20.4. The van der Waals surface area contributed by atoms with E-state index in [-0.39, 0.29) is 20.1 Å². The molecule has 0 aliphatic carbocycles. The number of terminal acetylenes is 1. The van der Waals surface area contributed by atoms with Gasteiger partial charge in [0.2, 0.25) is 17.2 Å². The van der Waals surface area contributed by atoms with Crippen molar-refractivity contribution in [2.45, 2.75) is 54.1 Å². The maximum Gasteiger partial charge on any atom is 0.226 e. The zero-order valence-corrected chi connectivity index (χ0v) is 63.2. The van der Waals surface area contributed by atoms with Crippen LogP contribution < -0.4 is 29.8 Å². The van der Waals surface area contributed by atoms with Crippen LogP contribution in [0.2, 0.25) is 15.6 Å². The van der Waals surface area contributed by atoms with Gasteiger partial charge < -0.3 is 44.5 Å². The van der Waals surface area contributed by atoms with E-state index < -0.39 is 0 Å². The Balaban J connectivity index is 0.000000131. The molecule has 5 aromatic carbocycles. The molecule has 0 saturated carbocycles. The highest BCUT2D eigenvalue weighted by Gasteiger charge is 2.27. The van der Waals surface area contributed by atoms with Gasteiger partial charge in [0.25, 0.3) is 0 Å². The lowest BCUT2D eigenvalue weighted by atomic mass is 10.1. The lowest BCUT2D eigenvalue weighted by molar-refractivity contribution is 0.313. The van der Waals surface area contributed by atoms with E-state index in [0.717, 1.165) is 172 Å². The van der Waals surface area contributed by atoms with E-state index in [9.17, 15) is 0 Å². The minimum absolute atomic E-state index is 0. The Morgan fingerprint density at radius 3 is 1.27 bits per heavy atom. The highest BCUT2D eigenvalue weighted by Crippen LogP contribution is 2.34. The van der Waals surface area contributed by atoms with Crippen molar-refractivity contribution in [2.75, 3.05) is 124 Å². The lowest BCUT2D eigenvalue weighted by Gasteiger charge is -2.34. The minimum atomic E-state index is 0. The van der Waals surface area contributed by atoms with Crippen LogP contribution in [0.4, 0.5) is 29.0 Å². The van der Waals surface area contributed by atoms with E-state index in [2.05, 4.69) is 188 Å². The van der Waals surface area contributed by atoms with Gasteiger partial charge in [-0.3, -0.25) is 10.2 Å². The summed E-state index contributed by atoms with van der Waals surface area (Å²) in [7, 11) is 6.57. The number of fused-ring (bicyclic) bond motifs is 5. The number of pyridine rings is 3. The number of rotatable bonds is 8. The molecule has 111 heavy (non-hydrogen) atoms. The quantitative estimate of drug-likeness (QED) is 0.0733. The number of piperazine rings is 3. The second kappa shape index (κ2) is 36.4. The molecule has 25 heteroatoms. The number of anilines is 5. The number of hydrogen-bond acceptors (Lipinski definition) is 20. The molecule has 19 rings (SSSR count). The molecule has 0 amide bonds. The standard InChI is InChI=1S/C31H28N8.C22H23ClN6.C13H19N3.C9H5Cl2N3.C9H6N2.2CH4/c1-37-13-15-38(16-14-37)27-9-7-23-20-39(21-25(23)18-27)31-32-12-11-30(35-31)29-4-2-3-26(34-29)8-5-22-6-10-28-24(17-22)19-33-36-28;1-27-9-11-28(12-10-27)18-6-5-16-14-29(15-17(16)13-18)22-24-8-7-20(26-22)19-3-2-4-21(23)25-19;1-15-4-6-16(7-5-15)13-3-2-11-9-14-10-12(11)8-13;10-8-3-1-2-6(13-8)7-4-5-12-9(11)14-7;1-2-7-3-4-9-8(5-7)6-10-11-9;;/h2-4,6-7,9-12,17-19H,13-16,20-21H2,1H3,(H,33,36);2-8,13H,9-12,14-15H2,1H3;2-3,8,14H,4-7,9-10H2,1H3;1-5H;1,3-6H,(H,10,11);2*1H4. The number of H-pyrrole nitrogens is 2. The van der Waals surface area contributed by atoms with Gasteiger partial charge in [-0.15, -0.1) is 6.42 Å². The molecule has 0 spiro atoms. The van der Waals surface area contributed by atoms with Crippen molar-refractivity contribution in [3.05, 3.63) is 261 Å². The van der Waals surface area contributed by atoms with Crippen molar-refractivity contribution in [1.29, 1.82) is 0 Å². The van der Waals surface area contributed by atoms with E-state index in [4.69, 9.17) is 56.2 Å². The second-order valence-electron chi connectivity index (χ2n) is 27.6. The van der Waals surface area contributed by atoms with Crippen LogP contribution in [-0.4, -0.2) is 180 Å². The lowest BCUT2D eigenvalue weighted by Crippen LogP contribution is -2.44. The first kappa shape index (κ1) is 77.7. The van der Waals surface area contributed by atoms with Gasteiger partial charge in [-0.2, -0.15) is 10.2 Å². The van der Waals surface area contributed by atoms with Gasteiger partial charge in [0.1, 0.15) is 16.0 Å². The van der Waals surface area contributed by atoms with Crippen LogP contribution in [-0.2, 0) is 39.3 Å². The van der Waals surface area contributed by atoms with Crippen LogP contribution in [0, 0.1) is 24.2 Å². The Labute approximate surface area is 664 Å². The van der Waals surface area contributed by atoms with Gasteiger partial charge >= 0.3 is 0 Å². The third-order valence-corrected chi connectivity index (χ3v) is 20.7. The number of nitrogens with zero attached hydrogens (tertiary/aromatic N) is 19. The summed E-state index contributed by atoms with van der Waals surface area (Å²) in [6, 6.07) is 54.6. The summed E-state index contributed by atoms with van der Waals surface area (Å²) in [4.78, 5) is 58.9. The van der Waals surface area contributed by atoms with Gasteiger partial charge in [0.05, 0.1) is 57.6 Å². The van der Waals surface area contributed by atoms with Crippen molar-refractivity contribution in [2.24, 2.45) is 0 Å². The summed E-state index contributed by atoms with van der Waals surface area (Å²) >= 11 is 17.4. The van der Waals surface area contributed by atoms with Crippen molar-refractivity contribution < 1.29 is 0 Å². The first-order valence-electron chi connectivity index (χ1n) is 36.4. The predicted octanol–water partition coefficient (Wildman–Crippen LogP) is 14.3. The number of likely N-dealkylation sites (N-methyl/N-ethyl adjacent to an activating group) is 3. The van der Waals surface area contributed by atoms with Gasteiger partial charge in [-0.25, -0.2) is 44.9 Å². The molecule has 0 radical (unpaired) electrons. The molecule has 22 nitrogen and oxygen atoms in total. The van der Waals surface area contributed by atoms with Crippen molar-refractivity contribution in [3.8, 4) is 58.3 Å². The summed E-state index contributed by atoms with van der Waals surface area (Å²) in [5.74, 6) is 10.4. The monoisotopic (exact) mass is 1530 g/mol. The predicted molar refractivity (Wildman–Crippen MR) is 449 cm³/mol. The van der Waals surface area contributed by atoms with Crippen LogP contribution in [0.1, 0.15) is 65.1 Å². The number of halogens is 3. The summed E-state index contributed by atoms with van der Waals surface area (Å²) in [6.45, 7) is 18.7. The molecule has 3 fully saturated rings. The molecule has 14 heterocycles. The molecule has 6 aliphatic heterocycles. The van der Waals surface area contributed by atoms with Crippen LogP contribution in [0.15, 0.2) is 195 Å². The summed E-state index contributed by atoms with van der Waals surface area (Å²) in [6.07, 6.45) is 14.0. The SMILES string of the molecule is C.C.C#Cc1ccc2[nH]ncc2c1.CN1CCN(c2ccc3c(c2)CN(c2nccc(-c4cccc(C#Cc5ccc6[nH]ncc6c5)n4)n2)C3)CC1.CN1CCN(c2ccc3c(c2)CN(c2nccc(-c4cccc(Cl)n4)n2)C3)CC1.CN1CCN(c2ccc3c(c2)CNC3)CC1.Clc1cccc(-c2ccnc(Cl)n2)n1. The highest BCUT2D eigenvalue weighted by molar-refractivity contribution is 6.30. The van der Waals surface area contributed by atoms with E-state index in [0.29, 0.717) is 27.4 Å². The molecule has 6 aliphatic rings. The minimum Gasteiger partial charge on any atom is -0.369 e. The van der Waals surface area contributed by atoms with Gasteiger partial charge in [-0.05, 0) is 199 Å². The van der Waals surface area contributed by atoms with Crippen molar-refractivity contribution >= 4 is 85.6 Å². The van der Waals surface area contributed by atoms with E-state index in [1.807, 2.05) is 91.1 Å². The molecule has 564 valence electrons. The molecule has 8 aromatic heterocycles. The molecule has 3 saturated heterocycles. The number of aromatic nitrogens is 13. The van der Waals surface area contributed by atoms with E-state index in [1.165, 1.54) is 63.5 Å². The normalized spacial score (nSPS) is 15.1. The molecule has 13 aromatic rings.